The quantitative estimate of drug-likeness (QED) is 0.890. The fourth-order valence-corrected chi connectivity index (χ4v) is 2.68. The first-order valence-electron chi connectivity index (χ1n) is 5.71. The molecular formula is C13H10N2O5S. The minimum atomic E-state index is -4.11. The molecule has 7 nitrogen and oxygen atoms in total. The van der Waals surface area contributed by atoms with E-state index < -0.39 is 26.8 Å². The number of carboxylic acid groups (broad SMARTS) is 1. The van der Waals surface area contributed by atoms with Crippen molar-refractivity contribution >= 4 is 21.7 Å². The van der Waals surface area contributed by atoms with Crippen molar-refractivity contribution in [2.75, 3.05) is 4.72 Å². The summed E-state index contributed by atoms with van der Waals surface area (Å²) in [5.74, 6) is -1.86. The number of anilines is 1. The first-order chi connectivity index (χ1) is 9.85. The van der Waals surface area contributed by atoms with Crippen LogP contribution in [0, 0.1) is 18.3 Å². The highest BCUT2D eigenvalue weighted by Crippen LogP contribution is 2.23. The fourth-order valence-electron chi connectivity index (χ4n) is 1.68. The highest BCUT2D eigenvalue weighted by molar-refractivity contribution is 7.92. The number of furan rings is 1. The van der Waals surface area contributed by atoms with Crippen LogP contribution in [0.5, 0.6) is 0 Å². The molecule has 0 spiro atoms. The molecule has 0 aliphatic carbocycles. The van der Waals surface area contributed by atoms with Gasteiger partial charge in [0.25, 0.3) is 10.0 Å². The van der Waals surface area contributed by atoms with E-state index in [-0.39, 0.29) is 11.3 Å². The van der Waals surface area contributed by atoms with Crippen molar-refractivity contribution < 1.29 is 22.7 Å². The normalized spacial score (nSPS) is 10.9. The van der Waals surface area contributed by atoms with Gasteiger partial charge in [0, 0.05) is 0 Å². The summed E-state index contributed by atoms with van der Waals surface area (Å²) < 4.78 is 31.2. The van der Waals surface area contributed by atoms with E-state index in [1.807, 2.05) is 6.07 Å². The van der Waals surface area contributed by atoms with Gasteiger partial charge in [-0.25, -0.2) is 4.79 Å². The predicted molar refractivity (Wildman–Crippen MR) is 72.4 cm³/mol. The maximum absolute atomic E-state index is 12.1. The van der Waals surface area contributed by atoms with Gasteiger partial charge in [0.2, 0.25) is 10.9 Å². The van der Waals surface area contributed by atoms with Gasteiger partial charge in [0.15, 0.2) is 0 Å². The molecule has 0 saturated carbocycles. The van der Waals surface area contributed by atoms with Crippen LogP contribution in [0.15, 0.2) is 39.8 Å². The second-order valence-electron chi connectivity index (χ2n) is 4.14. The molecule has 21 heavy (non-hydrogen) atoms. The average molecular weight is 306 g/mol. The number of carbonyl (C=O) groups is 1. The lowest BCUT2D eigenvalue weighted by Crippen LogP contribution is -2.13. The van der Waals surface area contributed by atoms with Crippen LogP contribution < -0.4 is 4.72 Å². The number of nitrogens with one attached hydrogen (secondary N) is 1. The van der Waals surface area contributed by atoms with Crippen molar-refractivity contribution in [3.63, 3.8) is 0 Å². The number of benzene rings is 1. The maximum atomic E-state index is 12.1. The molecule has 0 amide bonds. The van der Waals surface area contributed by atoms with Gasteiger partial charge >= 0.3 is 5.97 Å². The number of nitriles is 1. The largest absolute Gasteiger partial charge is 0.475 e. The summed E-state index contributed by atoms with van der Waals surface area (Å²) in [6.07, 6.45) is 0. The van der Waals surface area contributed by atoms with Crippen LogP contribution in [0.3, 0.4) is 0 Å². The Kier molecular flexibility index (Phi) is 3.69. The molecule has 1 aromatic carbocycles. The Morgan fingerprint density at radius 2 is 2.05 bits per heavy atom. The van der Waals surface area contributed by atoms with E-state index in [1.54, 1.807) is 19.1 Å². The smallest absolute Gasteiger partial charge is 0.371 e. The number of sulfonamides is 1. The molecule has 0 atom stereocenters. The Balaban J connectivity index is 2.40. The minimum absolute atomic E-state index is 0.103. The van der Waals surface area contributed by atoms with Gasteiger partial charge in [-0.2, -0.15) is 13.7 Å². The van der Waals surface area contributed by atoms with Gasteiger partial charge in [-0.1, -0.05) is 12.1 Å². The SMILES string of the molecule is Cc1cccc(NS(=O)(=O)c2ccc(C(=O)O)o2)c1C#N. The Bertz CT molecular complexity index is 846. The number of carboxylic acids is 1. The lowest BCUT2D eigenvalue weighted by atomic mass is 10.1. The zero-order chi connectivity index (χ0) is 15.6. The van der Waals surface area contributed by atoms with Crippen molar-refractivity contribution in [1.29, 1.82) is 5.26 Å². The molecule has 1 aromatic heterocycles. The summed E-state index contributed by atoms with van der Waals surface area (Å²) in [7, 11) is -4.11. The Labute approximate surface area is 120 Å². The first kappa shape index (κ1) is 14.6. The van der Waals surface area contributed by atoms with Gasteiger partial charge < -0.3 is 9.52 Å². The van der Waals surface area contributed by atoms with E-state index in [2.05, 4.69) is 4.72 Å². The van der Waals surface area contributed by atoms with Crippen molar-refractivity contribution in [3.05, 3.63) is 47.2 Å². The minimum Gasteiger partial charge on any atom is -0.475 e. The molecule has 0 aliphatic heterocycles. The van der Waals surface area contributed by atoms with E-state index in [4.69, 9.17) is 14.8 Å². The number of hydrogen-bond donors (Lipinski definition) is 2. The summed E-state index contributed by atoms with van der Waals surface area (Å²) in [4.78, 5) is 10.7. The third-order valence-electron chi connectivity index (χ3n) is 2.69. The van der Waals surface area contributed by atoms with Crippen LogP contribution in [-0.2, 0) is 10.0 Å². The van der Waals surface area contributed by atoms with Crippen molar-refractivity contribution in [2.45, 2.75) is 12.0 Å². The lowest BCUT2D eigenvalue weighted by molar-refractivity contribution is 0.0656. The molecule has 2 rings (SSSR count). The maximum Gasteiger partial charge on any atom is 0.371 e. The van der Waals surface area contributed by atoms with Gasteiger partial charge in [-0.05, 0) is 30.7 Å². The van der Waals surface area contributed by atoms with E-state index in [9.17, 15) is 13.2 Å². The Morgan fingerprint density at radius 1 is 1.33 bits per heavy atom. The molecule has 0 bridgehead atoms. The molecular weight excluding hydrogens is 296 g/mol. The average Bonchev–Trinajstić information content (AvgIpc) is 2.89. The van der Waals surface area contributed by atoms with Crippen molar-refractivity contribution in [2.24, 2.45) is 0 Å². The summed E-state index contributed by atoms with van der Waals surface area (Å²) in [5.41, 5.74) is 0.903. The number of aryl methyl sites for hydroxylation is 1. The van der Waals surface area contributed by atoms with Crippen LogP contribution in [0.4, 0.5) is 5.69 Å². The van der Waals surface area contributed by atoms with E-state index in [0.717, 1.165) is 12.1 Å². The number of aromatic carboxylic acids is 1. The van der Waals surface area contributed by atoms with Crippen molar-refractivity contribution in [3.8, 4) is 6.07 Å². The second kappa shape index (κ2) is 5.30. The highest BCUT2D eigenvalue weighted by atomic mass is 32.2. The predicted octanol–water partition coefficient (Wildman–Crippen LogP) is 1.96. The summed E-state index contributed by atoms with van der Waals surface area (Å²) >= 11 is 0. The van der Waals surface area contributed by atoms with Gasteiger partial charge in [0.05, 0.1) is 11.3 Å². The van der Waals surface area contributed by atoms with Gasteiger partial charge in [-0.3, -0.25) is 4.72 Å². The molecule has 2 N–H and O–H groups in total. The van der Waals surface area contributed by atoms with E-state index in [1.165, 1.54) is 6.07 Å². The van der Waals surface area contributed by atoms with Crippen LogP contribution >= 0.6 is 0 Å². The van der Waals surface area contributed by atoms with E-state index >= 15 is 0 Å². The third-order valence-corrected chi connectivity index (χ3v) is 3.92. The van der Waals surface area contributed by atoms with Crippen molar-refractivity contribution in [1.82, 2.24) is 0 Å². The Morgan fingerprint density at radius 3 is 2.62 bits per heavy atom. The molecule has 0 radical (unpaired) electrons. The summed E-state index contributed by atoms with van der Waals surface area (Å²) in [6, 6.07) is 8.69. The number of nitrogens with zero attached hydrogens (tertiary/aromatic N) is 1. The molecule has 0 aliphatic rings. The molecule has 108 valence electrons. The zero-order valence-electron chi connectivity index (χ0n) is 10.8. The van der Waals surface area contributed by atoms with Crippen LogP contribution in [0.25, 0.3) is 0 Å². The molecule has 0 saturated heterocycles. The lowest BCUT2D eigenvalue weighted by Gasteiger charge is -2.08. The first-order valence-corrected chi connectivity index (χ1v) is 7.19. The van der Waals surface area contributed by atoms with E-state index in [0.29, 0.717) is 5.56 Å². The molecule has 0 fully saturated rings. The second-order valence-corrected chi connectivity index (χ2v) is 5.75. The molecule has 8 heteroatoms. The van der Waals surface area contributed by atoms with Gasteiger partial charge in [0.1, 0.15) is 6.07 Å². The van der Waals surface area contributed by atoms with Gasteiger partial charge in [-0.15, -0.1) is 0 Å². The fraction of sp³-hybridized carbons (Fsp3) is 0.0769. The highest BCUT2D eigenvalue weighted by Gasteiger charge is 2.22. The zero-order valence-corrected chi connectivity index (χ0v) is 11.6. The molecule has 2 aromatic rings. The Hall–Kier alpha value is -2.79. The summed E-state index contributed by atoms with van der Waals surface area (Å²) in [6.45, 7) is 1.67. The monoisotopic (exact) mass is 306 g/mol. The molecule has 0 unspecified atom stereocenters. The third kappa shape index (κ3) is 2.88. The van der Waals surface area contributed by atoms with Crippen LogP contribution in [0.2, 0.25) is 0 Å². The standard InChI is InChI=1S/C13H10N2O5S/c1-8-3-2-4-10(9(8)7-14)15-21(18,19)12-6-5-11(20-12)13(16)17/h2-6,15H,1H3,(H,16,17). The molecule has 1 heterocycles. The summed E-state index contributed by atoms with van der Waals surface area (Å²) in [5, 5.41) is 17.2. The number of rotatable bonds is 4. The van der Waals surface area contributed by atoms with Crippen LogP contribution in [-0.4, -0.2) is 19.5 Å². The topological polar surface area (TPSA) is 120 Å². The number of hydrogen-bond acceptors (Lipinski definition) is 5. The van der Waals surface area contributed by atoms with Crippen LogP contribution in [0.1, 0.15) is 21.7 Å².